The fraction of sp³-hybridized carbons (Fsp3) is 0. The lowest BCUT2D eigenvalue weighted by Crippen LogP contribution is -2.14. The van der Waals surface area contributed by atoms with Crippen molar-refractivity contribution in [2.24, 2.45) is 0 Å². The van der Waals surface area contributed by atoms with Crippen molar-refractivity contribution in [2.45, 2.75) is 9.79 Å². The average molecular weight is 237 g/mol. The van der Waals surface area contributed by atoms with Gasteiger partial charge in [0.1, 0.15) is 5.45 Å². The summed E-state index contributed by atoms with van der Waals surface area (Å²) in [6.45, 7) is 0. The first kappa shape index (κ1) is 9.87. The van der Waals surface area contributed by atoms with Crippen LogP contribution in [0.25, 0.3) is 0 Å². The number of fused-ring (bicyclic) bond motifs is 1. The van der Waals surface area contributed by atoms with Gasteiger partial charge < -0.3 is 0 Å². The maximum atomic E-state index is 12.5. The molecule has 0 saturated carbocycles. The molecule has 0 fully saturated rings. The third kappa shape index (κ3) is 1.74. The molecule has 2 unspecified atom stereocenters. The monoisotopic (exact) mass is 237 g/mol. The fourth-order valence-corrected chi connectivity index (χ4v) is 2.65. The molecule has 0 N–H and O–H groups in total. The van der Waals surface area contributed by atoms with Gasteiger partial charge in [-0.2, -0.15) is 0 Å². The van der Waals surface area contributed by atoms with E-state index in [4.69, 9.17) is 0 Å². The highest BCUT2D eigenvalue weighted by Gasteiger charge is 2.26. The zero-order chi connectivity index (χ0) is 10.1. The Balaban J connectivity index is 2.53. The smallest absolute Gasteiger partial charge is 0.212 e. The van der Waals surface area contributed by atoms with Crippen LogP contribution < -0.4 is 0 Å². The van der Waals surface area contributed by atoms with Gasteiger partial charge in [0.15, 0.2) is 0 Å². The zero-order valence-corrected chi connectivity index (χ0v) is 8.22. The number of benzene rings is 1. The molecule has 0 saturated heterocycles. The summed E-state index contributed by atoms with van der Waals surface area (Å²) >= 11 is -4.10. The summed E-state index contributed by atoms with van der Waals surface area (Å²) in [4.78, 5) is 0.261. The molecule has 1 aromatic rings. The molecular weight excluding hydrogens is 233 g/mol. The van der Waals surface area contributed by atoms with Crippen molar-refractivity contribution in [3.63, 3.8) is 0 Å². The Kier molecular flexibility index (Phi) is 2.70. The molecule has 0 bridgehead atoms. The van der Waals surface area contributed by atoms with Crippen LogP contribution >= 0.6 is 0 Å². The first-order valence-corrected chi connectivity index (χ1v) is 5.59. The van der Waals surface area contributed by atoms with Crippen LogP contribution in [0.1, 0.15) is 0 Å². The van der Waals surface area contributed by atoms with Crippen molar-refractivity contribution in [3.8, 4) is 0 Å². The topological polar surface area (TPSA) is 55.8 Å². The van der Waals surface area contributed by atoms with Crippen LogP contribution in [0.2, 0.25) is 0 Å². The van der Waals surface area contributed by atoms with E-state index < -0.39 is 27.6 Å². The lowest BCUT2D eigenvalue weighted by molar-refractivity contribution is -0.365. The van der Waals surface area contributed by atoms with Gasteiger partial charge in [-0.15, -0.1) is 8.57 Å². The molecule has 0 spiro atoms. The average Bonchev–Trinajstić information content (AvgIpc) is 2.26. The van der Waals surface area contributed by atoms with Crippen LogP contribution in [-0.4, -0.2) is 13.9 Å². The van der Waals surface area contributed by atoms with Crippen molar-refractivity contribution < 1.29 is 21.5 Å². The highest BCUT2D eigenvalue weighted by molar-refractivity contribution is 7.83. The Morgan fingerprint density at radius 1 is 1.07 bits per heavy atom. The molecular formula is C6H4FNO4S2. The Morgan fingerprint density at radius 3 is 1.93 bits per heavy atom. The molecule has 2 atom stereocenters. The van der Waals surface area contributed by atoms with Gasteiger partial charge in [0.05, 0.1) is 9.79 Å². The maximum Gasteiger partial charge on any atom is 0.212 e. The molecule has 0 aliphatic carbocycles. The van der Waals surface area contributed by atoms with Crippen molar-refractivity contribution in [3.05, 3.63) is 24.3 Å². The van der Waals surface area contributed by atoms with Gasteiger partial charge in [-0.25, -0.2) is 8.42 Å². The van der Waals surface area contributed by atoms with Gasteiger partial charge in [-0.05, 0) is 12.1 Å². The molecule has 0 radical (unpaired) electrons. The first-order chi connectivity index (χ1) is 6.68. The minimum atomic E-state index is -2.05. The Labute approximate surface area is 83.6 Å². The summed E-state index contributed by atoms with van der Waals surface area (Å²) < 4.78 is 43.3. The van der Waals surface area contributed by atoms with Gasteiger partial charge in [0.25, 0.3) is 0 Å². The molecule has 1 aliphatic rings. The summed E-state index contributed by atoms with van der Waals surface area (Å²) in [6, 6.07) is 5.99. The van der Waals surface area contributed by atoms with E-state index in [0.717, 1.165) is 0 Å². The summed E-state index contributed by atoms with van der Waals surface area (Å²) in [5.41, 5.74) is -0.660. The molecule has 1 heterocycles. The summed E-state index contributed by atoms with van der Waals surface area (Å²) in [7, 11) is 0. The van der Waals surface area contributed by atoms with Gasteiger partial charge in [0, 0.05) is 0 Å². The standard InChI is InChI=1S/C6H4FNO4S2/c7-8-11-13(9)5-3-1-2-4-6(5)14(10)12-8/h1-4H. The van der Waals surface area contributed by atoms with Crippen LogP contribution in [0.3, 0.4) is 0 Å². The summed E-state index contributed by atoms with van der Waals surface area (Å²) in [5, 5.41) is 0. The normalized spacial score (nSPS) is 28.1. The molecule has 14 heavy (non-hydrogen) atoms. The highest BCUT2D eigenvalue weighted by Crippen LogP contribution is 2.24. The lowest BCUT2D eigenvalue weighted by Gasteiger charge is -2.01. The highest BCUT2D eigenvalue weighted by atomic mass is 32.2. The molecule has 0 aromatic heterocycles. The minimum absolute atomic E-state index is 0.131. The van der Waals surface area contributed by atoms with E-state index in [-0.39, 0.29) is 9.79 Å². The van der Waals surface area contributed by atoms with E-state index in [9.17, 15) is 12.9 Å². The lowest BCUT2D eigenvalue weighted by atomic mass is 10.4. The molecule has 1 aliphatic heterocycles. The van der Waals surface area contributed by atoms with Gasteiger partial charge in [-0.1, -0.05) is 16.6 Å². The Morgan fingerprint density at radius 2 is 1.50 bits per heavy atom. The molecule has 2 rings (SSSR count). The van der Waals surface area contributed by atoms with Crippen LogP contribution in [0, 0.1) is 0 Å². The molecule has 76 valence electrons. The predicted octanol–water partition coefficient (Wildman–Crippen LogP) is 0.795. The van der Waals surface area contributed by atoms with E-state index in [1.807, 2.05) is 0 Å². The molecule has 1 aromatic carbocycles. The van der Waals surface area contributed by atoms with Crippen molar-refractivity contribution in [1.82, 2.24) is 5.45 Å². The van der Waals surface area contributed by atoms with Gasteiger partial charge in [0.2, 0.25) is 22.2 Å². The molecule has 5 nitrogen and oxygen atoms in total. The second kappa shape index (κ2) is 3.83. The van der Waals surface area contributed by atoms with E-state index in [0.29, 0.717) is 0 Å². The predicted molar refractivity (Wildman–Crippen MR) is 44.4 cm³/mol. The van der Waals surface area contributed by atoms with E-state index in [1.165, 1.54) is 12.1 Å². The van der Waals surface area contributed by atoms with Crippen LogP contribution in [-0.2, 0) is 30.7 Å². The third-order valence-corrected chi connectivity index (χ3v) is 3.53. The second-order valence-corrected chi connectivity index (χ2v) is 4.39. The van der Waals surface area contributed by atoms with Gasteiger partial charge >= 0.3 is 0 Å². The molecule has 8 heteroatoms. The maximum absolute atomic E-state index is 12.5. The zero-order valence-electron chi connectivity index (χ0n) is 6.58. The number of hydrogen-bond donors (Lipinski definition) is 0. The summed E-state index contributed by atoms with van der Waals surface area (Å²) in [6.07, 6.45) is 0. The second-order valence-electron chi connectivity index (χ2n) is 2.28. The summed E-state index contributed by atoms with van der Waals surface area (Å²) in [5.74, 6) is 0. The van der Waals surface area contributed by atoms with Crippen LogP contribution in [0.4, 0.5) is 4.48 Å². The Bertz CT molecular complexity index is 376. The van der Waals surface area contributed by atoms with E-state index >= 15 is 0 Å². The largest absolute Gasteiger partial charge is 0.222 e. The van der Waals surface area contributed by atoms with Crippen LogP contribution in [0.15, 0.2) is 34.1 Å². The number of halogens is 1. The first-order valence-electron chi connectivity index (χ1n) is 3.44. The minimum Gasteiger partial charge on any atom is -0.222 e. The Hall–Kier alpha value is -0.670. The van der Waals surface area contributed by atoms with E-state index in [1.54, 1.807) is 12.1 Å². The number of nitrogens with zero attached hydrogens (tertiary/aromatic N) is 1. The molecule has 0 amide bonds. The van der Waals surface area contributed by atoms with Crippen molar-refractivity contribution in [1.29, 1.82) is 0 Å². The fourth-order valence-electron chi connectivity index (χ4n) is 0.925. The number of hydrogen-bond acceptors (Lipinski definition) is 5. The quantitative estimate of drug-likeness (QED) is 0.624. The van der Waals surface area contributed by atoms with Crippen molar-refractivity contribution in [2.75, 3.05) is 0 Å². The van der Waals surface area contributed by atoms with E-state index in [2.05, 4.69) is 8.57 Å². The third-order valence-electron chi connectivity index (χ3n) is 1.46. The van der Waals surface area contributed by atoms with Crippen LogP contribution in [0.5, 0.6) is 0 Å². The van der Waals surface area contributed by atoms with Crippen molar-refractivity contribution >= 4 is 22.2 Å². The SMILES string of the molecule is O=S1ON(F)OS(=O)c2ccccc21. The van der Waals surface area contributed by atoms with Gasteiger partial charge in [-0.3, -0.25) is 0 Å². The number of rotatable bonds is 0.